The minimum absolute atomic E-state index is 0.159. The van der Waals surface area contributed by atoms with Gasteiger partial charge >= 0.3 is 25.7 Å². The lowest BCUT2D eigenvalue weighted by Gasteiger charge is -2.21. The number of allylic oxidation sites excluding steroid dienone is 16. The van der Waals surface area contributed by atoms with Gasteiger partial charge in [0.1, 0.15) is 12.7 Å². The van der Waals surface area contributed by atoms with Gasteiger partial charge in [0.05, 0.1) is 19.8 Å². The van der Waals surface area contributed by atoms with Crippen LogP contribution >= 0.6 is 7.82 Å². The summed E-state index contributed by atoms with van der Waals surface area (Å²) in [4.78, 5) is 48.8. The van der Waals surface area contributed by atoms with Gasteiger partial charge in [-0.1, -0.05) is 272 Å². The van der Waals surface area contributed by atoms with Gasteiger partial charge in [0.25, 0.3) is 0 Å². The molecule has 0 saturated carbocycles. The van der Waals surface area contributed by atoms with Crippen molar-refractivity contribution >= 4 is 25.7 Å². The zero-order chi connectivity index (χ0) is 59.8. The highest BCUT2D eigenvalue weighted by molar-refractivity contribution is 7.47. The topological polar surface area (TPSA) is 155 Å². The Balaban J connectivity index is 4.74. The van der Waals surface area contributed by atoms with E-state index in [1.54, 1.807) is 0 Å². The minimum atomic E-state index is -4.77. The van der Waals surface area contributed by atoms with E-state index >= 15 is 0 Å². The lowest BCUT2D eigenvalue weighted by molar-refractivity contribution is -0.161. The Bertz CT molecular complexity index is 1750. The predicted molar refractivity (Wildman–Crippen MR) is 344 cm³/mol. The average Bonchev–Trinajstić information content (AvgIpc) is 3.47. The van der Waals surface area contributed by atoms with E-state index in [0.717, 1.165) is 122 Å². The number of phosphoric ester groups is 1. The number of ether oxygens (including phenoxy) is 3. The Kier molecular flexibility index (Phi) is 60.6. The zero-order valence-electron chi connectivity index (χ0n) is 52.4. The molecule has 0 aromatic rings. The first-order valence-electron chi connectivity index (χ1n) is 33.1. The summed E-state index contributed by atoms with van der Waals surface area (Å²) in [5, 5.41) is 9.86. The molecule has 11 nitrogen and oxygen atoms in total. The monoisotopic (exact) mass is 1170 g/mol. The second-order valence-electron chi connectivity index (χ2n) is 21.9. The number of rotatable bonds is 61. The number of carbonyl (C=O) groups is 3. The third-order valence-electron chi connectivity index (χ3n) is 14.0. The Morgan fingerprint density at radius 2 is 0.634 bits per heavy atom. The van der Waals surface area contributed by atoms with E-state index in [1.165, 1.54) is 109 Å². The molecule has 0 radical (unpaired) electrons. The van der Waals surface area contributed by atoms with Gasteiger partial charge in [-0.3, -0.25) is 23.4 Å². The van der Waals surface area contributed by atoms with Crippen LogP contribution in [-0.4, -0.2) is 66.5 Å². The van der Waals surface area contributed by atoms with Crippen molar-refractivity contribution in [2.24, 2.45) is 0 Å². The highest BCUT2D eigenvalue weighted by Crippen LogP contribution is 2.43. The second kappa shape index (κ2) is 63.4. The van der Waals surface area contributed by atoms with E-state index in [0.29, 0.717) is 19.3 Å². The van der Waals surface area contributed by atoms with Crippen LogP contribution in [0.15, 0.2) is 97.2 Å². The van der Waals surface area contributed by atoms with Crippen LogP contribution in [0.25, 0.3) is 0 Å². The number of hydrogen-bond donors (Lipinski definition) is 2. The lowest BCUT2D eigenvalue weighted by atomic mass is 10.0. The molecule has 0 aliphatic heterocycles. The van der Waals surface area contributed by atoms with Crippen LogP contribution < -0.4 is 0 Å². The molecule has 0 amide bonds. The van der Waals surface area contributed by atoms with Gasteiger partial charge in [-0.25, -0.2) is 4.57 Å². The smallest absolute Gasteiger partial charge is 0.462 e. The molecule has 3 unspecified atom stereocenters. The van der Waals surface area contributed by atoms with E-state index in [1.807, 2.05) is 0 Å². The molecule has 82 heavy (non-hydrogen) atoms. The second-order valence-corrected chi connectivity index (χ2v) is 23.3. The molecule has 0 saturated heterocycles. The van der Waals surface area contributed by atoms with E-state index < -0.39 is 57.8 Å². The fourth-order valence-corrected chi connectivity index (χ4v) is 9.83. The van der Waals surface area contributed by atoms with Crippen molar-refractivity contribution in [3.05, 3.63) is 97.2 Å². The summed E-state index contributed by atoms with van der Waals surface area (Å²) >= 11 is 0. The molecule has 0 spiro atoms. The number of aliphatic hydroxyl groups is 1. The maximum absolute atomic E-state index is 13.0. The first-order chi connectivity index (χ1) is 40.2. The van der Waals surface area contributed by atoms with Gasteiger partial charge in [0.15, 0.2) is 6.10 Å². The summed E-state index contributed by atoms with van der Waals surface area (Å²) < 4.78 is 39.7. The maximum atomic E-state index is 13.0. The molecule has 0 aromatic heterocycles. The fourth-order valence-electron chi connectivity index (χ4n) is 9.05. The third-order valence-corrected chi connectivity index (χ3v) is 15.0. The number of hydrogen-bond acceptors (Lipinski definition) is 10. The Morgan fingerprint density at radius 3 is 0.988 bits per heavy atom. The summed E-state index contributed by atoms with van der Waals surface area (Å²) in [7, 11) is -4.77. The molecular weight excluding hydrogens is 1050 g/mol. The first-order valence-corrected chi connectivity index (χ1v) is 34.6. The van der Waals surface area contributed by atoms with Gasteiger partial charge in [-0.05, 0) is 96.3 Å². The van der Waals surface area contributed by atoms with Crippen LogP contribution in [0.5, 0.6) is 0 Å². The van der Waals surface area contributed by atoms with Crippen LogP contribution in [0, 0.1) is 0 Å². The molecule has 12 heteroatoms. The van der Waals surface area contributed by atoms with E-state index in [9.17, 15) is 28.9 Å². The Labute approximate surface area is 502 Å². The van der Waals surface area contributed by atoms with Crippen LogP contribution in [0.2, 0.25) is 0 Å². The summed E-state index contributed by atoms with van der Waals surface area (Å²) in [5.74, 6) is -1.50. The number of carbonyl (C=O) groups excluding carboxylic acids is 3. The highest BCUT2D eigenvalue weighted by atomic mass is 31.2. The molecule has 3 atom stereocenters. The van der Waals surface area contributed by atoms with Gasteiger partial charge in [0, 0.05) is 19.3 Å². The van der Waals surface area contributed by atoms with Crippen LogP contribution in [0.4, 0.5) is 0 Å². The fraction of sp³-hybridized carbons (Fsp3) is 0.729. The zero-order valence-corrected chi connectivity index (χ0v) is 53.3. The first kappa shape index (κ1) is 78.4. The number of unbranched alkanes of at least 4 members (excludes halogenated alkanes) is 28. The summed E-state index contributed by atoms with van der Waals surface area (Å²) in [6.07, 6.45) is 76.4. The number of aliphatic hydroxyl groups excluding tert-OH is 1. The van der Waals surface area contributed by atoms with Crippen LogP contribution in [-0.2, 0) is 42.2 Å². The normalized spacial score (nSPS) is 13.9. The van der Waals surface area contributed by atoms with Crippen molar-refractivity contribution in [1.82, 2.24) is 0 Å². The minimum Gasteiger partial charge on any atom is -0.462 e. The van der Waals surface area contributed by atoms with Gasteiger partial charge in [-0.15, -0.1) is 0 Å². The highest BCUT2D eigenvalue weighted by Gasteiger charge is 2.28. The summed E-state index contributed by atoms with van der Waals surface area (Å²) in [6.45, 7) is 4.42. The molecule has 2 N–H and O–H groups in total. The maximum Gasteiger partial charge on any atom is 0.472 e. The molecule has 0 heterocycles. The quantitative estimate of drug-likeness (QED) is 0.0197. The van der Waals surface area contributed by atoms with Gasteiger partial charge < -0.3 is 24.2 Å². The largest absolute Gasteiger partial charge is 0.472 e. The Hall–Kier alpha value is -3.60. The predicted octanol–water partition coefficient (Wildman–Crippen LogP) is 20.4. The molecule has 0 aliphatic carbocycles. The summed E-state index contributed by atoms with van der Waals surface area (Å²) in [6, 6.07) is 0. The molecule has 0 bridgehead atoms. The molecule has 0 rings (SSSR count). The average molecular weight is 1170 g/mol. The number of phosphoric acid groups is 1. The van der Waals surface area contributed by atoms with Crippen molar-refractivity contribution < 1.29 is 52.2 Å². The standard InChI is InChI=1S/C70H121O11P/c1-4-7-10-13-16-19-22-25-28-31-33-36-38-41-44-47-50-53-56-59-68(72)77-63-67(81-70(74)61-58-55-52-49-46-43-40-37-34-32-29-26-23-20-17-14-11-8-5-2)65-79-82(75,76)78-64-66(62-71)80-69(73)60-57-54-51-48-45-42-39-35-30-27-24-21-18-15-12-9-6-3/h7,9-10,12,16,18-19,21,25,27-28,30,33,36,41,44,66-67,71H,4-6,8,11,13-15,17,20,22-24,26,29,31-32,34-35,37-40,42-43,45-65H2,1-3H3,(H,75,76)/b10-7-,12-9-,19-16-,21-18-,28-25-,30-27-,36-33-,44-41-. The third kappa shape index (κ3) is 61.0. The molecule has 0 aromatic carbocycles. The summed E-state index contributed by atoms with van der Waals surface area (Å²) in [5.41, 5.74) is 0. The van der Waals surface area contributed by atoms with Crippen molar-refractivity contribution in [2.45, 2.75) is 303 Å². The molecule has 472 valence electrons. The van der Waals surface area contributed by atoms with Crippen molar-refractivity contribution in [2.75, 3.05) is 26.4 Å². The SMILES string of the molecule is CC/C=C\C/C=C\C/C=C\C/C=C\C/C=C\CCCCCC(=O)OCC(COP(=O)(O)OCC(CO)OC(=O)CCCCCCCCC/C=C\C/C=C\C/C=C\CC)OC(=O)CCCCCCCCCCCCCCCCCCCCC. The van der Waals surface area contributed by atoms with E-state index in [-0.39, 0.29) is 25.9 Å². The number of esters is 3. The van der Waals surface area contributed by atoms with Crippen LogP contribution in [0.3, 0.4) is 0 Å². The molecule has 0 fully saturated rings. The van der Waals surface area contributed by atoms with E-state index in [4.69, 9.17) is 23.3 Å². The van der Waals surface area contributed by atoms with Crippen molar-refractivity contribution in [3.63, 3.8) is 0 Å². The molecular formula is C70H121O11P. The van der Waals surface area contributed by atoms with Gasteiger partial charge in [0.2, 0.25) is 0 Å². The molecule has 0 aliphatic rings. The van der Waals surface area contributed by atoms with Gasteiger partial charge in [-0.2, -0.15) is 0 Å². The lowest BCUT2D eigenvalue weighted by Crippen LogP contribution is -2.30. The Morgan fingerprint density at radius 1 is 0.354 bits per heavy atom. The van der Waals surface area contributed by atoms with E-state index in [2.05, 4.69) is 118 Å². The van der Waals surface area contributed by atoms with Crippen molar-refractivity contribution in [1.29, 1.82) is 0 Å². The van der Waals surface area contributed by atoms with Crippen LogP contribution in [0.1, 0.15) is 290 Å². The van der Waals surface area contributed by atoms with Crippen molar-refractivity contribution in [3.8, 4) is 0 Å².